The molecule has 0 saturated heterocycles. The molecule has 1 aromatic rings. The molecule has 0 radical (unpaired) electrons. The number of carbonyl (C=O) groups is 1. The lowest BCUT2D eigenvalue weighted by Crippen LogP contribution is -2.07. The van der Waals surface area contributed by atoms with Crippen LogP contribution in [0.15, 0.2) is 23.1 Å². The van der Waals surface area contributed by atoms with Crippen molar-refractivity contribution in [2.45, 2.75) is 25.2 Å². The highest BCUT2D eigenvalue weighted by Crippen LogP contribution is 2.23. The standard InChI is InChI=1S/C10H12ClNO3S/c1-3-8-6-9(12-7(2)13)4-5-10(8)16(11,14)15/h4-6H,3H2,1-2H3,(H,12,13). The Kier molecular flexibility index (Phi) is 3.93. The first-order valence-corrected chi connectivity index (χ1v) is 7.00. The number of rotatable bonds is 3. The van der Waals surface area contributed by atoms with Gasteiger partial charge in [0.2, 0.25) is 5.91 Å². The largest absolute Gasteiger partial charge is 0.326 e. The minimum atomic E-state index is -3.73. The van der Waals surface area contributed by atoms with Gasteiger partial charge in [0, 0.05) is 23.3 Å². The van der Waals surface area contributed by atoms with Crippen molar-refractivity contribution in [3.05, 3.63) is 23.8 Å². The number of hydrogen-bond donors (Lipinski definition) is 1. The van der Waals surface area contributed by atoms with Crippen LogP contribution in [-0.4, -0.2) is 14.3 Å². The van der Waals surface area contributed by atoms with Crippen molar-refractivity contribution in [3.8, 4) is 0 Å². The molecule has 1 aromatic carbocycles. The van der Waals surface area contributed by atoms with E-state index in [0.717, 1.165) is 0 Å². The van der Waals surface area contributed by atoms with Crippen molar-refractivity contribution >= 4 is 31.3 Å². The molecule has 0 aliphatic carbocycles. The predicted octanol–water partition coefficient (Wildman–Crippen LogP) is 2.13. The van der Waals surface area contributed by atoms with E-state index in [0.29, 0.717) is 17.7 Å². The number of carbonyl (C=O) groups excluding carboxylic acids is 1. The molecule has 1 N–H and O–H groups in total. The molecule has 0 aromatic heterocycles. The molecule has 0 atom stereocenters. The Bertz CT molecular complexity index is 511. The Balaban J connectivity index is 3.22. The molecule has 0 spiro atoms. The second kappa shape index (κ2) is 4.84. The Hall–Kier alpha value is -1.07. The number of aryl methyl sites for hydroxylation is 1. The molecule has 0 fully saturated rings. The first kappa shape index (κ1) is 13.0. The van der Waals surface area contributed by atoms with E-state index in [9.17, 15) is 13.2 Å². The van der Waals surface area contributed by atoms with E-state index in [4.69, 9.17) is 10.7 Å². The van der Waals surface area contributed by atoms with Gasteiger partial charge in [0.05, 0.1) is 4.90 Å². The summed E-state index contributed by atoms with van der Waals surface area (Å²) in [6, 6.07) is 4.51. The monoisotopic (exact) mass is 261 g/mol. The molecule has 0 unspecified atom stereocenters. The second-order valence-corrected chi connectivity index (χ2v) is 5.83. The third-order valence-corrected chi connectivity index (χ3v) is 3.45. The van der Waals surface area contributed by atoms with Gasteiger partial charge in [0.15, 0.2) is 0 Å². The van der Waals surface area contributed by atoms with Crippen molar-refractivity contribution in [2.24, 2.45) is 0 Å². The van der Waals surface area contributed by atoms with Crippen molar-refractivity contribution < 1.29 is 13.2 Å². The number of benzene rings is 1. The molecule has 1 rings (SSSR count). The van der Waals surface area contributed by atoms with Gasteiger partial charge in [0.1, 0.15) is 0 Å². The molecule has 88 valence electrons. The van der Waals surface area contributed by atoms with Crippen molar-refractivity contribution in [2.75, 3.05) is 5.32 Å². The molecule has 16 heavy (non-hydrogen) atoms. The predicted molar refractivity (Wildman–Crippen MR) is 63.2 cm³/mol. The van der Waals surface area contributed by atoms with E-state index in [2.05, 4.69) is 5.32 Å². The van der Waals surface area contributed by atoms with Crippen molar-refractivity contribution in [1.29, 1.82) is 0 Å². The zero-order valence-electron chi connectivity index (χ0n) is 8.95. The fourth-order valence-corrected chi connectivity index (χ4v) is 2.57. The minimum Gasteiger partial charge on any atom is -0.326 e. The number of hydrogen-bond acceptors (Lipinski definition) is 3. The summed E-state index contributed by atoms with van der Waals surface area (Å²) in [7, 11) is 1.55. The van der Waals surface area contributed by atoms with Gasteiger partial charge in [0.25, 0.3) is 9.05 Å². The van der Waals surface area contributed by atoms with E-state index in [1.165, 1.54) is 19.1 Å². The van der Waals surface area contributed by atoms with E-state index in [1.54, 1.807) is 6.07 Å². The molecule has 0 bridgehead atoms. The topological polar surface area (TPSA) is 63.2 Å². The summed E-state index contributed by atoms with van der Waals surface area (Å²) in [6.07, 6.45) is 0.523. The average molecular weight is 262 g/mol. The lowest BCUT2D eigenvalue weighted by Gasteiger charge is -2.08. The molecule has 1 amide bonds. The molecular weight excluding hydrogens is 250 g/mol. The Labute approximate surface area is 99.0 Å². The SMILES string of the molecule is CCc1cc(NC(C)=O)ccc1S(=O)(=O)Cl. The zero-order chi connectivity index (χ0) is 12.3. The van der Waals surface area contributed by atoms with Crippen LogP contribution >= 0.6 is 10.7 Å². The summed E-state index contributed by atoms with van der Waals surface area (Å²) >= 11 is 0. The summed E-state index contributed by atoms with van der Waals surface area (Å²) < 4.78 is 22.4. The van der Waals surface area contributed by atoms with Crippen LogP contribution in [0.2, 0.25) is 0 Å². The van der Waals surface area contributed by atoms with Crippen LogP contribution in [0.1, 0.15) is 19.4 Å². The smallest absolute Gasteiger partial charge is 0.261 e. The number of amides is 1. The summed E-state index contributed by atoms with van der Waals surface area (Å²) in [5, 5.41) is 2.58. The Morgan fingerprint density at radius 2 is 2.06 bits per heavy atom. The van der Waals surface area contributed by atoms with E-state index in [1.807, 2.05) is 6.92 Å². The van der Waals surface area contributed by atoms with E-state index >= 15 is 0 Å². The van der Waals surface area contributed by atoms with Gasteiger partial charge in [-0.15, -0.1) is 0 Å². The number of halogens is 1. The highest BCUT2D eigenvalue weighted by Gasteiger charge is 2.15. The number of nitrogens with one attached hydrogen (secondary N) is 1. The van der Waals surface area contributed by atoms with Gasteiger partial charge in [-0.05, 0) is 30.2 Å². The lowest BCUT2D eigenvalue weighted by atomic mass is 10.1. The Morgan fingerprint density at radius 3 is 2.50 bits per heavy atom. The highest BCUT2D eigenvalue weighted by atomic mass is 35.7. The van der Waals surface area contributed by atoms with Gasteiger partial charge in [-0.2, -0.15) is 0 Å². The van der Waals surface area contributed by atoms with E-state index in [-0.39, 0.29) is 10.8 Å². The van der Waals surface area contributed by atoms with Crippen LogP contribution in [0, 0.1) is 0 Å². The van der Waals surface area contributed by atoms with Crippen molar-refractivity contribution in [3.63, 3.8) is 0 Å². The van der Waals surface area contributed by atoms with Crippen LogP contribution in [0.5, 0.6) is 0 Å². The fraction of sp³-hybridized carbons (Fsp3) is 0.300. The van der Waals surface area contributed by atoms with Gasteiger partial charge in [-0.3, -0.25) is 4.79 Å². The third kappa shape index (κ3) is 3.21. The van der Waals surface area contributed by atoms with Crippen molar-refractivity contribution in [1.82, 2.24) is 0 Å². The van der Waals surface area contributed by atoms with Crippen LogP contribution in [0.25, 0.3) is 0 Å². The summed E-state index contributed by atoms with van der Waals surface area (Å²) in [6.45, 7) is 3.20. The van der Waals surface area contributed by atoms with Crippen LogP contribution < -0.4 is 5.32 Å². The second-order valence-electron chi connectivity index (χ2n) is 3.30. The maximum absolute atomic E-state index is 11.2. The molecular formula is C10H12ClNO3S. The Morgan fingerprint density at radius 1 is 1.44 bits per heavy atom. The quantitative estimate of drug-likeness (QED) is 0.848. The van der Waals surface area contributed by atoms with Crippen LogP contribution in [0.3, 0.4) is 0 Å². The molecule has 6 heteroatoms. The molecule has 0 aliphatic rings. The maximum atomic E-state index is 11.2. The van der Waals surface area contributed by atoms with Gasteiger partial charge in [-0.25, -0.2) is 8.42 Å². The zero-order valence-corrected chi connectivity index (χ0v) is 10.5. The first-order valence-electron chi connectivity index (χ1n) is 4.69. The fourth-order valence-electron chi connectivity index (χ4n) is 1.37. The van der Waals surface area contributed by atoms with Gasteiger partial charge < -0.3 is 5.32 Å². The third-order valence-electron chi connectivity index (χ3n) is 2.02. The van der Waals surface area contributed by atoms with Gasteiger partial charge >= 0.3 is 0 Å². The summed E-state index contributed by atoms with van der Waals surface area (Å²) in [4.78, 5) is 10.9. The van der Waals surface area contributed by atoms with E-state index < -0.39 is 9.05 Å². The molecule has 0 aliphatic heterocycles. The van der Waals surface area contributed by atoms with Crippen LogP contribution in [-0.2, 0) is 20.3 Å². The summed E-state index contributed by atoms with van der Waals surface area (Å²) in [5.74, 6) is -0.205. The first-order chi connectivity index (χ1) is 7.34. The molecule has 0 heterocycles. The minimum absolute atomic E-state index is 0.0887. The lowest BCUT2D eigenvalue weighted by molar-refractivity contribution is -0.114. The average Bonchev–Trinajstić information content (AvgIpc) is 2.14. The number of anilines is 1. The molecule has 4 nitrogen and oxygen atoms in total. The normalized spacial score (nSPS) is 11.2. The van der Waals surface area contributed by atoms with Gasteiger partial charge in [-0.1, -0.05) is 6.92 Å². The maximum Gasteiger partial charge on any atom is 0.261 e. The van der Waals surface area contributed by atoms with Crippen LogP contribution in [0.4, 0.5) is 5.69 Å². The summed E-state index contributed by atoms with van der Waals surface area (Å²) in [5.41, 5.74) is 1.15. The highest BCUT2D eigenvalue weighted by molar-refractivity contribution is 8.13. The molecule has 0 saturated carbocycles.